The maximum absolute atomic E-state index is 5.64. The molecule has 8 nitrogen and oxygen atoms in total. The van der Waals surface area contributed by atoms with Crippen LogP contribution in [0.15, 0.2) is 42.7 Å². The lowest BCUT2D eigenvalue weighted by Gasteiger charge is -2.31. The number of nitrogens with zero attached hydrogens (tertiary/aromatic N) is 7. The zero-order valence-corrected chi connectivity index (χ0v) is 17.6. The first kappa shape index (κ1) is 19.7. The molecule has 0 bridgehead atoms. The van der Waals surface area contributed by atoms with Crippen molar-refractivity contribution < 1.29 is 4.90 Å². The molecule has 4 rings (SSSR count). The molecule has 0 aliphatic carbocycles. The maximum Gasteiger partial charge on any atom is 0.225 e. The first-order chi connectivity index (χ1) is 14.2. The number of hydrogen-bond acceptors (Lipinski definition) is 6. The van der Waals surface area contributed by atoms with Crippen molar-refractivity contribution in [2.75, 3.05) is 31.1 Å². The van der Waals surface area contributed by atoms with Crippen LogP contribution in [0.3, 0.4) is 0 Å². The molecule has 2 aromatic heterocycles. The van der Waals surface area contributed by atoms with Gasteiger partial charge in [-0.25, -0.2) is 9.97 Å². The first-order valence-corrected chi connectivity index (χ1v) is 10.6. The molecule has 1 fully saturated rings. The lowest BCUT2D eigenvalue weighted by atomic mass is 10.1. The fourth-order valence-electron chi connectivity index (χ4n) is 3.57. The number of piperazine rings is 1. The van der Waals surface area contributed by atoms with Gasteiger partial charge in [-0.3, -0.25) is 0 Å². The van der Waals surface area contributed by atoms with Gasteiger partial charge in [0.1, 0.15) is 0 Å². The molecular formula is C20H27N8S+. The Labute approximate surface area is 175 Å². The summed E-state index contributed by atoms with van der Waals surface area (Å²) in [5.74, 6) is 0.802. The Kier molecular flexibility index (Phi) is 6.26. The molecule has 1 aliphatic rings. The van der Waals surface area contributed by atoms with Gasteiger partial charge in [-0.05, 0) is 59.2 Å². The fourth-order valence-corrected chi connectivity index (χ4v) is 3.81. The van der Waals surface area contributed by atoms with Gasteiger partial charge in [0.05, 0.1) is 31.9 Å². The number of aryl methyl sites for hydroxylation is 1. The summed E-state index contributed by atoms with van der Waals surface area (Å²) in [5.41, 5.74) is 2.31. The highest BCUT2D eigenvalue weighted by molar-refractivity contribution is 7.71. The van der Waals surface area contributed by atoms with Crippen molar-refractivity contribution in [1.29, 1.82) is 0 Å². The topological polar surface area (TPSA) is 69.1 Å². The molecule has 1 saturated heterocycles. The maximum atomic E-state index is 5.64. The average molecular weight is 412 g/mol. The van der Waals surface area contributed by atoms with E-state index in [4.69, 9.17) is 12.2 Å². The second-order valence-corrected chi connectivity index (χ2v) is 7.75. The molecule has 29 heavy (non-hydrogen) atoms. The van der Waals surface area contributed by atoms with E-state index in [1.54, 1.807) is 17.1 Å². The zero-order chi connectivity index (χ0) is 20.1. The van der Waals surface area contributed by atoms with Gasteiger partial charge in [-0.2, -0.15) is 9.36 Å². The van der Waals surface area contributed by atoms with E-state index < -0.39 is 0 Å². The van der Waals surface area contributed by atoms with E-state index in [1.165, 1.54) is 23.3 Å². The molecule has 152 valence electrons. The predicted octanol–water partition coefficient (Wildman–Crippen LogP) is 1.29. The monoisotopic (exact) mass is 411 g/mol. The van der Waals surface area contributed by atoms with E-state index in [-0.39, 0.29) is 0 Å². The fraction of sp³-hybridized carbons (Fsp3) is 0.450. The second-order valence-electron chi connectivity index (χ2n) is 7.39. The van der Waals surface area contributed by atoms with Gasteiger partial charge in [0.25, 0.3) is 0 Å². The summed E-state index contributed by atoms with van der Waals surface area (Å²) < 4.78 is 4.20. The number of nitrogens with one attached hydrogen (secondary N) is 1. The predicted molar refractivity (Wildman–Crippen MR) is 114 cm³/mol. The standard InChI is InChI=1S/C20H26N8S/c1-2-3-5-17-6-8-18(9-7-17)28-20(29)27(23-24-28)16-25-12-14-26(15-13-25)19-21-10-4-11-22-19/h4,6-11H,2-3,5,12-16H2,1H3/p+1. The van der Waals surface area contributed by atoms with Crippen LogP contribution < -0.4 is 9.80 Å². The number of tetrazole rings is 1. The highest BCUT2D eigenvalue weighted by Crippen LogP contribution is 2.11. The van der Waals surface area contributed by atoms with Crippen LogP contribution in [0.4, 0.5) is 5.95 Å². The van der Waals surface area contributed by atoms with Crippen molar-refractivity contribution in [3.05, 3.63) is 53.1 Å². The second kappa shape index (κ2) is 9.23. The smallest absolute Gasteiger partial charge is 0.225 e. The Morgan fingerprint density at radius 3 is 2.45 bits per heavy atom. The van der Waals surface area contributed by atoms with Gasteiger partial charge in [0.2, 0.25) is 10.7 Å². The minimum Gasteiger partial charge on any atom is -0.330 e. The summed E-state index contributed by atoms with van der Waals surface area (Å²) in [6, 6.07) is 10.3. The largest absolute Gasteiger partial charge is 0.330 e. The third-order valence-electron chi connectivity index (χ3n) is 5.32. The minimum atomic E-state index is 0.632. The van der Waals surface area contributed by atoms with Crippen LogP contribution in [0.25, 0.3) is 5.69 Å². The zero-order valence-electron chi connectivity index (χ0n) is 16.7. The van der Waals surface area contributed by atoms with Crippen molar-refractivity contribution in [2.45, 2.75) is 32.9 Å². The first-order valence-electron chi connectivity index (χ1n) is 10.2. The molecule has 3 heterocycles. The van der Waals surface area contributed by atoms with Gasteiger partial charge in [0, 0.05) is 12.4 Å². The van der Waals surface area contributed by atoms with Gasteiger partial charge < -0.3 is 9.80 Å². The van der Waals surface area contributed by atoms with Gasteiger partial charge in [-0.1, -0.05) is 25.5 Å². The Morgan fingerprint density at radius 2 is 1.76 bits per heavy atom. The van der Waals surface area contributed by atoms with E-state index in [2.05, 4.69) is 56.5 Å². The Bertz CT molecular complexity index is 958. The quantitative estimate of drug-likeness (QED) is 0.591. The van der Waals surface area contributed by atoms with Crippen LogP contribution in [-0.2, 0) is 13.1 Å². The summed E-state index contributed by atoms with van der Waals surface area (Å²) >= 11 is 5.64. The molecule has 0 atom stereocenters. The number of benzene rings is 1. The van der Waals surface area contributed by atoms with Crippen LogP contribution in [-0.4, -0.2) is 55.9 Å². The Morgan fingerprint density at radius 1 is 1.03 bits per heavy atom. The molecule has 9 heteroatoms. The SMILES string of the molecule is CCCCc1ccc(-n2nnn(C[NH+]3CCN(c4ncccn4)CC3)c2=S)cc1. The normalized spacial score (nSPS) is 15.0. The summed E-state index contributed by atoms with van der Waals surface area (Å²) in [6.07, 6.45) is 7.10. The van der Waals surface area contributed by atoms with Crippen molar-refractivity contribution in [3.63, 3.8) is 0 Å². The molecule has 0 unspecified atom stereocenters. The highest BCUT2D eigenvalue weighted by atomic mass is 32.1. The number of unbranched alkanes of at least 4 members (excludes halogenated alkanes) is 1. The van der Waals surface area contributed by atoms with E-state index >= 15 is 0 Å². The molecule has 0 radical (unpaired) electrons. The molecular weight excluding hydrogens is 384 g/mol. The lowest BCUT2D eigenvalue weighted by molar-refractivity contribution is -0.924. The Balaban J connectivity index is 1.37. The van der Waals surface area contributed by atoms with E-state index in [0.717, 1.165) is 50.9 Å². The van der Waals surface area contributed by atoms with Gasteiger partial charge in [0.15, 0.2) is 6.67 Å². The van der Waals surface area contributed by atoms with Crippen molar-refractivity contribution in [1.82, 2.24) is 29.8 Å². The van der Waals surface area contributed by atoms with Crippen molar-refractivity contribution in [2.24, 2.45) is 0 Å². The van der Waals surface area contributed by atoms with Crippen LogP contribution in [0.1, 0.15) is 25.3 Å². The molecule has 0 saturated carbocycles. The summed E-state index contributed by atoms with van der Waals surface area (Å²) in [5, 5.41) is 8.59. The van der Waals surface area contributed by atoms with Gasteiger partial charge in [-0.15, -0.1) is 0 Å². The highest BCUT2D eigenvalue weighted by Gasteiger charge is 2.22. The Hall–Kier alpha value is -2.65. The summed E-state index contributed by atoms with van der Waals surface area (Å²) in [6.45, 7) is 6.73. The molecule has 0 amide bonds. The average Bonchev–Trinajstić information content (AvgIpc) is 3.14. The van der Waals surface area contributed by atoms with Crippen LogP contribution in [0.5, 0.6) is 0 Å². The van der Waals surface area contributed by atoms with Gasteiger partial charge >= 0.3 is 0 Å². The summed E-state index contributed by atoms with van der Waals surface area (Å²) in [7, 11) is 0. The van der Waals surface area contributed by atoms with Crippen molar-refractivity contribution in [3.8, 4) is 5.69 Å². The molecule has 3 aromatic rings. The molecule has 1 N–H and O–H groups in total. The van der Waals surface area contributed by atoms with Crippen LogP contribution in [0.2, 0.25) is 0 Å². The third kappa shape index (κ3) is 4.68. The molecule has 0 spiro atoms. The number of rotatable bonds is 7. The third-order valence-corrected chi connectivity index (χ3v) is 5.70. The van der Waals surface area contributed by atoms with E-state index in [0.29, 0.717) is 4.77 Å². The molecule has 1 aliphatic heterocycles. The minimum absolute atomic E-state index is 0.632. The van der Waals surface area contributed by atoms with Crippen LogP contribution >= 0.6 is 12.2 Å². The van der Waals surface area contributed by atoms with E-state index in [1.807, 2.05) is 10.7 Å². The summed E-state index contributed by atoms with van der Waals surface area (Å²) in [4.78, 5) is 12.3. The number of anilines is 1. The number of hydrogen-bond donors (Lipinski definition) is 1. The number of aromatic nitrogens is 6. The van der Waals surface area contributed by atoms with Crippen molar-refractivity contribution >= 4 is 18.2 Å². The van der Waals surface area contributed by atoms with Crippen LogP contribution in [0, 0.1) is 4.77 Å². The molecule has 1 aromatic carbocycles. The van der Waals surface area contributed by atoms with E-state index in [9.17, 15) is 0 Å². The lowest BCUT2D eigenvalue weighted by Crippen LogP contribution is -3.14. The number of quaternary nitrogens is 1.